The molecule has 2 aromatic heterocycles. The first-order valence-electron chi connectivity index (χ1n) is 10.6. The van der Waals surface area contributed by atoms with Crippen molar-refractivity contribution in [1.29, 1.82) is 0 Å². The second kappa shape index (κ2) is 9.99. The van der Waals surface area contributed by atoms with Crippen molar-refractivity contribution in [1.82, 2.24) is 24.9 Å². The summed E-state index contributed by atoms with van der Waals surface area (Å²) in [7, 11) is 0. The van der Waals surface area contributed by atoms with Gasteiger partial charge in [0.25, 0.3) is 11.8 Å². The molecule has 170 valence electrons. The van der Waals surface area contributed by atoms with E-state index in [2.05, 4.69) is 20.8 Å². The van der Waals surface area contributed by atoms with Crippen LogP contribution in [0.5, 0.6) is 0 Å². The summed E-state index contributed by atoms with van der Waals surface area (Å²) in [6.07, 6.45) is 1.67. The molecule has 3 rings (SSSR count). The van der Waals surface area contributed by atoms with Crippen LogP contribution in [0.25, 0.3) is 0 Å². The van der Waals surface area contributed by atoms with Crippen molar-refractivity contribution in [2.24, 2.45) is 5.92 Å². The van der Waals surface area contributed by atoms with Gasteiger partial charge in [-0.1, -0.05) is 37.6 Å². The Balaban J connectivity index is 1.79. The zero-order valence-corrected chi connectivity index (χ0v) is 19.8. The van der Waals surface area contributed by atoms with Gasteiger partial charge in [-0.05, 0) is 44.4 Å². The molecule has 0 aliphatic carbocycles. The lowest BCUT2D eigenvalue weighted by Gasteiger charge is -2.09. The van der Waals surface area contributed by atoms with Gasteiger partial charge in [-0.3, -0.25) is 19.0 Å². The molecule has 0 unspecified atom stereocenters. The maximum Gasteiger partial charge on any atom is 0.273 e. The molecular weight excluding hydrogens is 428 g/mol. The van der Waals surface area contributed by atoms with Crippen LogP contribution in [0.3, 0.4) is 0 Å². The number of nitrogens with one attached hydrogen (secondary N) is 2. The molecule has 0 saturated carbocycles. The third kappa shape index (κ3) is 5.37. The van der Waals surface area contributed by atoms with E-state index in [1.54, 1.807) is 16.9 Å². The molecule has 9 heteroatoms. The number of halogens is 1. The summed E-state index contributed by atoms with van der Waals surface area (Å²) in [6, 6.07) is 7.29. The van der Waals surface area contributed by atoms with Gasteiger partial charge in [0.05, 0.1) is 28.6 Å². The summed E-state index contributed by atoms with van der Waals surface area (Å²) in [5.74, 6) is -0.312. The van der Waals surface area contributed by atoms with E-state index in [9.17, 15) is 9.59 Å². The Morgan fingerprint density at radius 2 is 1.91 bits per heavy atom. The Morgan fingerprint density at radius 3 is 2.53 bits per heavy atom. The van der Waals surface area contributed by atoms with Crippen LogP contribution in [0.4, 0.5) is 5.69 Å². The first-order chi connectivity index (χ1) is 15.2. The second-order valence-electron chi connectivity index (χ2n) is 8.15. The lowest BCUT2D eigenvalue weighted by atomic mass is 10.1. The third-order valence-electron chi connectivity index (χ3n) is 5.03. The number of rotatable bonds is 8. The highest BCUT2D eigenvalue weighted by atomic mass is 35.5. The van der Waals surface area contributed by atoms with E-state index in [0.717, 1.165) is 17.0 Å². The van der Waals surface area contributed by atoms with Crippen LogP contribution in [0.1, 0.15) is 58.6 Å². The predicted octanol–water partition coefficient (Wildman–Crippen LogP) is 4.06. The number of carbonyl (C=O) groups is 2. The average molecular weight is 457 g/mol. The predicted molar refractivity (Wildman–Crippen MR) is 125 cm³/mol. The van der Waals surface area contributed by atoms with Gasteiger partial charge in [-0.15, -0.1) is 0 Å². The number of aromatic nitrogens is 4. The normalized spacial score (nSPS) is 11.1. The van der Waals surface area contributed by atoms with Crippen LogP contribution in [0.15, 0.2) is 30.5 Å². The minimum atomic E-state index is -0.313. The number of nitrogens with zero attached hydrogens (tertiary/aromatic N) is 4. The molecule has 0 bridgehead atoms. The standard InChI is InChI=1S/C23H29ClN6O2/c1-6-29-13-19(21(28-29)23(32)25-11-14(2)3)26-22(31)18-9-7-8-17(10-18)12-30-16(5)20(24)15(4)27-30/h7-10,13-14H,6,11-12H2,1-5H3,(H,25,32)(H,26,31). The average Bonchev–Trinajstić information content (AvgIpc) is 3.28. The summed E-state index contributed by atoms with van der Waals surface area (Å²) in [5.41, 5.74) is 3.63. The SMILES string of the molecule is CCn1cc(NC(=O)c2cccc(Cn3nc(C)c(Cl)c3C)c2)c(C(=O)NCC(C)C)n1. The molecule has 0 atom stereocenters. The van der Waals surface area contributed by atoms with Crippen LogP contribution in [0, 0.1) is 19.8 Å². The van der Waals surface area contributed by atoms with Gasteiger partial charge in [0.15, 0.2) is 5.69 Å². The van der Waals surface area contributed by atoms with Crippen LogP contribution >= 0.6 is 11.6 Å². The number of hydrogen-bond acceptors (Lipinski definition) is 4. The summed E-state index contributed by atoms with van der Waals surface area (Å²) in [4.78, 5) is 25.5. The molecule has 32 heavy (non-hydrogen) atoms. The third-order valence-corrected chi connectivity index (χ3v) is 5.58. The zero-order valence-electron chi connectivity index (χ0n) is 19.1. The van der Waals surface area contributed by atoms with E-state index >= 15 is 0 Å². The molecule has 0 radical (unpaired) electrons. The summed E-state index contributed by atoms with van der Waals surface area (Å²) in [5, 5.41) is 15.1. The first-order valence-corrected chi connectivity index (χ1v) is 11.0. The van der Waals surface area contributed by atoms with Crippen molar-refractivity contribution >= 4 is 29.1 Å². The highest BCUT2D eigenvalue weighted by Gasteiger charge is 2.19. The molecular formula is C23H29ClN6O2. The second-order valence-corrected chi connectivity index (χ2v) is 8.53. The Morgan fingerprint density at radius 1 is 1.16 bits per heavy atom. The Kier molecular flexibility index (Phi) is 7.35. The number of benzene rings is 1. The van der Waals surface area contributed by atoms with E-state index in [1.807, 2.05) is 57.5 Å². The van der Waals surface area contributed by atoms with Gasteiger partial charge in [0.2, 0.25) is 0 Å². The highest BCUT2D eigenvalue weighted by Crippen LogP contribution is 2.21. The molecule has 0 saturated heterocycles. The molecule has 0 fully saturated rings. The van der Waals surface area contributed by atoms with Crippen molar-refractivity contribution in [2.75, 3.05) is 11.9 Å². The van der Waals surface area contributed by atoms with Gasteiger partial charge >= 0.3 is 0 Å². The molecule has 2 heterocycles. The topological polar surface area (TPSA) is 93.8 Å². The molecule has 0 spiro atoms. The molecule has 2 N–H and O–H groups in total. The van der Waals surface area contributed by atoms with Crippen LogP contribution < -0.4 is 10.6 Å². The molecule has 1 aromatic carbocycles. The maximum absolute atomic E-state index is 13.0. The number of aryl methyl sites for hydroxylation is 2. The number of carbonyl (C=O) groups excluding carboxylic acids is 2. The number of hydrogen-bond donors (Lipinski definition) is 2. The molecule has 0 aliphatic rings. The fraction of sp³-hybridized carbons (Fsp3) is 0.391. The van der Waals surface area contributed by atoms with Gasteiger partial charge in [0.1, 0.15) is 0 Å². The first kappa shape index (κ1) is 23.5. The monoisotopic (exact) mass is 456 g/mol. The Hall–Kier alpha value is -3.13. The molecule has 8 nitrogen and oxygen atoms in total. The summed E-state index contributed by atoms with van der Waals surface area (Å²) in [6.45, 7) is 11.3. The van der Waals surface area contributed by atoms with Crippen LogP contribution in [-0.2, 0) is 13.1 Å². The van der Waals surface area contributed by atoms with E-state index < -0.39 is 0 Å². The van der Waals surface area contributed by atoms with Crippen molar-refractivity contribution < 1.29 is 9.59 Å². The van der Waals surface area contributed by atoms with E-state index in [4.69, 9.17) is 11.6 Å². The van der Waals surface area contributed by atoms with Gasteiger partial charge in [0, 0.05) is 24.8 Å². The van der Waals surface area contributed by atoms with Crippen molar-refractivity contribution in [3.8, 4) is 0 Å². The summed E-state index contributed by atoms with van der Waals surface area (Å²) < 4.78 is 3.44. The Labute approximate surface area is 193 Å². The highest BCUT2D eigenvalue weighted by molar-refractivity contribution is 6.31. The van der Waals surface area contributed by atoms with Gasteiger partial charge in [-0.2, -0.15) is 10.2 Å². The van der Waals surface area contributed by atoms with E-state index in [0.29, 0.717) is 41.8 Å². The largest absolute Gasteiger partial charge is 0.350 e. The lowest BCUT2D eigenvalue weighted by Crippen LogP contribution is -2.28. The van der Waals surface area contributed by atoms with E-state index in [-0.39, 0.29) is 17.5 Å². The van der Waals surface area contributed by atoms with E-state index in [1.165, 1.54) is 0 Å². The number of anilines is 1. The fourth-order valence-electron chi connectivity index (χ4n) is 3.23. The quantitative estimate of drug-likeness (QED) is 0.534. The molecule has 0 aliphatic heterocycles. The smallest absolute Gasteiger partial charge is 0.273 e. The van der Waals surface area contributed by atoms with Gasteiger partial charge < -0.3 is 10.6 Å². The zero-order chi connectivity index (χ0) is 23.4. The Bertz CT molecular complexity index is 1130. The molecule has 2 amide bonds. The fourth-order valence-corrected chi connectivity index (χ4v) is 3.37. The van der Waals surface area contributed by atoms with Crippen LogP contribution in [-0.4, -0.2) is 37.9 Å². The maximum atomic E-state index is 13.0. The van der Waals surface area contributed by atoms with Crippen molar-refractivity contribution in [2.45, 2.75) is 47.7 Å². The minimum absolute atomic E-state index is 0.203. The lowest BCUT2D eigenvalue weighted by molar-refractivity contribution is 0.0944. The van der Waals surface area contributed by atoms with Crippen molar-refractivity contribution in [3.63, 3.8) is 0 Å². The summed E-state index contributed by atoms with van der Waals surface area (Å²) >= 11 is 6.24. The van der Waals surface area contributed by atoms with Crippen molar-refractivity contribution in [3.05, 3.63) is 63.7 Å². The molecule has 3 aromatic rings. The number of amides is 2. The minimum Gasteiger partial charge on any atom is -0.350 e. The van der Waals surface area contributed by atoms with Gasteiger partial charge in [-0.25, -0.2) is 0 Å². The van der Waals surface area contributed by atoms with Crippen LogP contribution in [0.2, 0.25) is 5.02 Å².